The number of hydrogen-bond donors (Lipinski definition) is 1. The van der Waals surface area contributed by atoms with Crippen molar-refractivity contribution in [2.24, 2.45) is 0 Å². The van der Waals surface area contributed by atoms with Crippen LogP contribution in [0.3, 0.4) is 0 Å². The maximum absolute atomic E-state index is 10.9. The molecular weight excluding hydrogens is 315 g/mol. The minimum atomic E-state index is -1.06. The Morgan fingerprint density at radius 2 is 2.17 bits per heavy atom. The van der Waals surface area contributed by atoms with Gasteiger partial charge in [0.2, 0.25) is 0 Å². The van der Waals surface area contributed by atoms with Gasteiger partial charge in [-0.05, 0) is 12.1 Å². The molecule has 8 heteroatoms. The Balaban J connectivity index is 2.16. The number of rotatable bonds is 4. The van der Waals surface area contributed by atoms with Crippen molar-refractivity contribution in [3.8, 4) is 0 Å². The summed E-state index contributed by atoms with van der Waals surface area (Å²) in [5.41, 5.74) is 0. The molecular formula is C10H8Cl2N2O2S2. The van der Waals surface area contributed by atoms with Gasteiger partial charge >= 0.3 is 5.97 Å². The molecule has 1 N–H and O–H groups in total. The number of halogens is 2. The van der Waals surface area contributed by atoms with Crippen LogP contribution in [0.25, 0.3) is 0 Å². The van der Waals surface area contributed by atoms with Crippen molar-refractivity contribution < 1.29 is 9.90 Å². The highest BCUT2D eigenvalue weighted by atomic mass is 35.5. The van der Waals surface area contributed by atoms with Crippen LogP contribution < -0.4 is 4.90 Å². The molecule has 4 nitrogen and oxygen atoms in total. The lowest BCUT2D eigenvalue weighted by molar-refractivity contribution is 0.0702. The fourth-order valence-corrected chi connectivity index (χ4v) is 3.55. The SMILES string of the molecule is CN(Cc1ccc(Cl)s1)c1nc(Cl)c(C(=O)O)s1. The van der Waals surface area contributed by atoms with E-state index in [4.69, 9.17) is 28.3 Å². The molecule has 0 atom stereocenters. The molecule has 0 aliphatic rings. The lowest BCUT2D eigenvalue weighted by Gasteiger charge is -2.13. The summed E-state index contributed by atoms with van der Waals surface area (Å²) in [6.07, 6.45) is 0. The van der Waals surface area contributed by atoms with Gasteiger partial charge in [0.25, 0.3) is 0 Å². The van der Waals surface area contributed by atoms with E-state index < -0.39 is 5.97 Å². The van der Waals surface area contributed by atoms with Crippen molar-refractivity contribution in [3.05, 3.63) is 31.4 Å². The first-order valence-electron chi connectivity index (χ1n) is 4.82. The van der Waals surface area contributed by atoms with Crippen molar-refractivity contribution in [1.82, 2.24) is 4.98 Å². The number of carbonyl (C=O) groups is 1. The molecule has 0 aromatic carbocycles. The highest BCUT2D eigenvalue weighted by Crippen LogP contribution is 2.31. The smallest absolute Gasteiger partial charge is 0.349 e. The molecule has 0 saturated carbocycles. The van der Waals surface area contributed by atoms with Crippen molar-refractivity contribution in [3.63, 3.8) is 0 Å². The van der Waals surface area contributed by atoms with Gasteiger partial charge in [0, 0.05) is 11.9 Å². The van der Waals surface area contributed by atoms with Crippen molar-refractivity contribution in [1.29, 1.82) is 0 Å². The van der Waals surface area contributed by atoms with Crippen LogP contribution in [0.4, 0.5) is 5.13 Å². The predicted molar refractivity (Wildman–Crippen MR) is 75.5 cm³/mol. The minimum Gasteiger partial charge on any atom is -0.477 e. The van der Waals surface area contributed by atoms with Gasteiger partial charge in [-0.3, -0.25) is 0 Å². The van der Waals surface area contributed by atoms with E-state index in [1.54, 1.807) is 0 Å². The zero-order valence-corrected chi connectivity index (χ0v) is 12.3. The van der Waals surface area contributed by atoms with Crippen LogP contribution in [0.1, 0.15) is 14.5 Å². The largest absolute Gasteiger partial charge is 0.477 e. The molecule has 2 aromatic heterocycles. The van der Waals surface area contributed by atoms with E-state index in [0.29, 0.717) is 11.7 Å². The van der Waals surface area contributed by atoms with Gasteiger partial charge in [-0.25, -0.2) is 9.78 Å². The molecule has 0 aliphatic carbocycles. The molecule has 0 bridgehead atoms. The van der Waals surface area contributed by atoms with Gasteiger partial charge in [-0.2, -0.15) is 0 Å². The molecule has 96 valence electrons. The van der Waals surface area contributed by atoms with Gasteiger partial charge in [-0.1, -0.05) is 34.5 Å². The molecule has 2 aromatic rings. The molecule has 0 fully saturated rings. The van der Waals surface area contributed by atoms with Crippen LogP contribution in [0.5, 0.6) is 0 Å². The summed E-state index contributed by atoms with van der Waals surface area (Å²) < 4.78 is 0.724. The van der Waals surface area contributed by atoms with E-state index in [1.165, 1.54) is 11.3 Å². The Bertz CT molecular complexity index is 582. The number of aromatic nitrogens is 1. The summed E-state index contributed by atoms with van der Waals surface area (Å²) in [5.74, 6) is -1.06. The first kappa shape index (κ1) is 13.6. The standard InChI is InChI=1S/C10H8Cl2N2O2S2/c1-14(4-5-2-3-6(11)17-5)10-13-8(12)7(18-10)9(15)16/h2-3H,4H2,1H3,(H,15,16). The van der Waals surface area contributed by atoms with E-state index in [-0.39, 0.29) is 10.0 Å². The zero-order valence-electron chi connectivity index (χ0n) is 9.18. The maximum Gasteiger partial charge on any atom is 0.349 e. The molecule has 2 heterocycles. The Labute approximate surface area is 121 Å². The molecule has 0 amide bonds. The van der Waals surface area contributed by atoms with Crippen LogP contribution >= 0.6 is 45.9 Å². The second-order valence-electron chi connectivity index (χ2n) is 3.48. The summed E-state index contributed by atoms with van der Waals surface area (Å²) in [5, 5.41) is 9.50. The lowest BCUT2D eigenvalue weighted by atomic mass is 10.4. The summed E-state index contributed by atoms with van der Waals surface area (Å²) >= 11 is 14.1. The third-order valence-corrected chi connectivity index (χ3v) is 4.88. The molecule has 0 spiro atoms. The van der Waals surface area contributed by atoms with Crippen LogP contribution in [-0.2, 0) is 6.54 Å². The van der Waals surface area contributed by atoms with Crippen LogP contribution in [0, 0.1) is 0 Å². The number of hydrogen-bond acceptors (Lipinski definition) is 5. The minimum absolute atomic E-state index is 0.0264. The van der Waals surface area contributed by atoms with E-state index in [0.717, 1.165) is 20.6 Å². The van der Waals surface area contributed by atoms with E-state index in [2.05, 4.69) is 4.98 Å². The lowest BCUT2D eigenvalue weighted by Crippen LogP contribution is -2.15. The number of thiophene rings is 1. The number of thiazole rings is 1. The Morgan fingerprint density at radius 3 is 2.67 bits per heavy atom. The van der Waals surface area contributed by atoms with Gasteiger partial charge in [0.05, 0.1) is 10.9 Å². The number of aromatic carboxylic acids is 1. The molecule has 0 unspecified atom stereocenters. The average molecular weight is 323 g/mol. The summed E-state index contributed by atoms with van der Waals surface area (Å²) in [6, 6.07) is 3.75. The quantitative estimate of drug-likeness (QED) is 0.929. The fourth-order valence-electron chi connectivity index (χ4n) is 1.32. The van der Waals surface area contributed by atoms with Crippen LogP contribution in [-0.4, -0.2) is 23.1 Å². The van der Waals surface area contributed by atoms with Gasteiger partial charge in [-0.15, -0.1) is 11.3 Å². The molecule has 0 radical (unpaired) electrons. The topological polar surface area (TPSA) is 53.4 Å². The summed E-state index contributed by atoms with van der Waals surface area (Å²) in [6.45, 7) is 0.611. The van der Waals surface area contributed by atoms with E-state index in [9.17, 15) is 4.79 Å². The second-order valence-corrected chi connectivity index (χ2v) is 6.62. The van der Waals surface area contributed by atoms with E-state index >= 15 is 0 Å². The highest BCUT2D eigenvalue weighted by molar-refractivity contribution is 7.18. The zero-order chi connectivity index (χ0) is 13.3. The molecule has 0 aliphatic heterocycles. The van der Waals surface area contributed by atoms with Crippen molar-refractivity contribution >= 4 is 57.0 Å². The summed E-state index contributed by atoms with van der Waals surface area (Å²) in [4.78, 5) is 17.9. The molecule has 18 heavy (non-hydrogen) atoms. The summed E-state index contributed by atoms with van der Waals surface area (Å²) in [7, 11) is 1.83. The second kappa shape index (κ2) is 5.44. The first-order chi connectivity index (χ1) is 8.47. The van der Waals surface area contributed by atoms with Gasteiger partial charge < -0.3 is 10.0 Å². The van der Waals surface area contributed by atoms with Gasteiger partial charge in [0.15, 0.2) is 15.2 Å². The monoisotopic (exact) mass is 322 g/mol. The maximum atomic E-state index is 10.9. The number of carboxylic acids is 1. The van der Waals surface area contributed by atoms with E-state index in [1.807, 2.05) is 24.1 Å². The van der Waals surface area contributed by atoms with Crippen molar-refractivity contribution in [2.45, 2.75) is 6.54 Å². The first-order valence-corrected chi connectivity index (χ1v) is 7.21. The average Bonchev–Trinajstić information content (AvgIpc) is 2.85. The number of nitrogens with zero attached hydrogens (tertiary/aromatic N) is 2. The third-order valence-electron chi connectivity index (χ3n) is 2.12. The number of anilines is 1. The highest BCUT2D eigenvalue weighted by Gasteiger charge is 2.18. The Morgan fingerprint density at radius 1 is 1.44 bits per heavy atom. The number of carboxylic acid groups (broad SMARTS) is 1. The molecule has 0 saturated heterocycles. The normalized spacial score (nSPS) is 10.6. The fraction of sp³-hybridized carbons (Fsp3) is 0.200. The third kappa shape index (κ3) is 2.95. The van der Waals surface area contributed by atoms with Crippen molar-refractivity contribution in [2.75, 3.05) is 11.9 Å². The Hall–Kier alpha value is -0.820. The molecule has 2 rings (SSSR count). The van der Waals surface area contributed by atoms with Crippen LogP contribution in [0.15, 0.2) is 12.1 Å². The van der Waals surface area contributed by atoms with Gasteiger partial charge in [0.1, 0.15) is 0 Å². The predicted octanol–water partition coefficient (Wildman–Crippen LogP) is 3.85. The van der Waals surface area contributed by atoms with Crippen LogP contribution in [0.2, 0.25) is 9.49 Å². The Kier molecular flexibility index (Phi) is 4.11.